The summed E-state index contributed by atoms with van der Waals surface area (Å²) in [5.74, 6) is 0.374. The molecule has 2 rings (SSSR count). The van der Waals surface area contributed by atoms with E-state index in [0.717, 1.165) is 10.6 Å². The van der Waals surface area contributed by atoms with Crippen LogP contribution >= 0.6 is 23.4 Å². The molecule has 0 fully saturated rings. The summed E-state index contributed by atoms with van der Waals surface area (Å²) in [4.78, 5) is 12.8. The van der Waals surface area contributed by atoms with Crippen molar-refractivity contribution in [3.63, 3.8) is 0 Å². The number of hydrogen-bond acceptors (Lipinski definition) is 2. The third-order valence-electron chi connectivity index (χ3n) is 2.52. The number of amides is 1. The van der Waals surface area contributed by atoms with Crippen LogP contribution < -0.4 is 5.32 Å². The van der Waals surface area contributed by atoms with E-state index in [1.165, 1.54) is 17.3 Å². The van der Waals surface area contributed by atoms with Crippen molar-refractivity contribution < 1.29 is 4.79 Å². The van der Waals surface area contributed by atoms with Gasteiger partial charge in [0.25, 0.3) is 0 Å². The summed E-state index contributed by atoms with van der Waals surface area (Å²) in [7, 11) is 0. The van der Waals surface area contributed by atoms with Crippen molar-refractivity contribution in [3.8, 4) is 0 Å². The topological polar surface area (TPSA) is 29.1 Å². The van der Waals surface area contributed by atoms with Gasteiger partial charge >= 0.3 is 0 Å². The molecule has 0 bridgehead atoms. The van der Waals surface area contributed by atoms with E-state index in [1.807, 2.05) is 55.5 Å². The molecule has 19 heavy (non-hydrogen) atoms. The molecule has 0 saturated heterocycles. The lowest BCUT2D eigenvalue weighted by Gasteiger charge is -2.05. The van der Waals surface area contributed by atoms with Crippen molar-refractivity contribution in [1.82, 2.24) is 0 Å². The number of carbonyl (C=O) groups excluding carboxylic acids is 1. The minimum absolute atomic E-state index is 0.0104. The smallest absolute Gasteiger partial charge is 0.234 e. The Bertz CT molecular complexity index is 551. The van der Waals surface area contributed by atoms with E-state index in [0.29, 0.717) is 10.8 Å². The molecular formula is C15H14ClNOS. The summed E-state index contributed by atoms with van der Waals surface area (Å²) < 4.78 is 0. The second kappa shape index (κ2) is 6.64. The SMILES string of the molecule is Cc1ccc(NC(=O)CSc2ccc(Cl)cc2)cc1. The van der Waals surface area contributed by atoms with E-state index in [1.54, 1.807) is 0 Å². The first-order chi connectivity index (χ1) is 9.13. The van der Waals surface area contributed by atoms with Gasteiger partial charge in [-0.1, -0.05) is 29.3 Å². The molecule has 0 atom stereocenters. The lowest BCUT2D eigenvalue weighted by molar-refractivity contribution is -0.113. The second-order valence-corrected chi connectivity index (χ2v) is 5.64. The number of aryl methyl sites for hydroxylation is 1. The maximum atomic E-state index is 11.8. The predicted molar refractivity (Wildman–Crippen MR) is 82.0 cm³/mol. The fraction of sp³-hybridized carbons (Fsp3) is 0.133. The van der Waals surface area contributed by atoms with Crippen molar-refractivity contribution in [2.24, 2.45) is 0 Å². The number of thioether (sulfide) groups is 1. The Hall–Kier alpha value is -1.45. The average molecular weight is 292 g/mol. The number of carbonyl (C=O) groups is 1. The molecule has 0 unspecified atom stereocenters. The molecule has 0 aliphatic rings. The van der Waals surface area contributed by atoms with Gasteiger partial charge in [-0.2, -0.15) is 0 Å². The summed E-state index contributed by atoms with van der Waals surface area (Å²) in [5, 5.41) is 3.57. The molecule has 2 aromatic carbocycles. The summed E-state index contributed by atoms with van der Waals surface area (Å²) in [6.45, 7) is 2.02. The summed E-state index contributed by atoms with van der Waals surface area (Å²) in [5.41, 5.74) is 2.00. The van der Waals surface area contributed by atoms with Crippen molar-refractivity contribution >= 4 is 35.0 Å². The van der Waals surface area contributed by atoms with E-state index in [4.69, 9.17) is 11.6 Å². The second-order valence-electron chi connectivity index (χ2n) is 4.16. The minimum atomic E-state index is -0.0104. The summed E-state index contributed by atoms with van der Waals surface area (Å²) >= 11 is 7.29. The van der Waals surface area contributed by atoms with Crippen molar-refractivity contribution in [1.29, 1.82) is 0 Å². The highest BCUT2D eigenvalue weighted by Gasteiger charge is 2.03. The molecule has 0 aliphatic carbocycles. The maximum absolute atomic E-state index is 11.8. The molecule has 98 valence electrons. The van der Waals surface area contributed by atoms with Crippen LogP contribution in [-0.2, 0) is 4.79 Å². The molecule has 0 aliphatic heterocycles. The van der Waals surface area contributed by atoms with Crippen LogP contribution in [0.1, 0.15) is 5.56 Å². The fourth-order valence-electron chi connectivity index (χ4n) is 1.51. The van der Waals surface area contributed by atoms with E-state index >= 15 is 0 Å². The third kappa shape index (κ3) is 4.62. The van der Waals surface area contributed by atoms with Gasteiger partial charge in [0.05, 0.1) is 5.75 Å². The fourth-order valence-corrected chi connectivity index (χ4v) is 2.34. The Kier molecular flexibility index (Phi) is 4.88. The molecule has 1 N–H and O–H groups in total. The Morgan fingerprint density at radius 3 is 2.37 bits per heavy atom. The van der Waals surface area contributed by atoms with Crippen LogP contribution in [0.2, 0.25) is 5.02 Å². The largest absolute Gasteiger partial charge is 0.325 e. The van der Waals surface area contributed by atoms with Crippen LogP contribution in [0.5, 0.6) is 0 Å². The average Bonchev–Trinajstić information content (AvgIpc) is 2.41. The lowest BCUT2D eigenvalue weighted by atomic mass is 10.2. The number of halogens is 1. The van der Waals surface area contributed by atoms with Gasteiger partial charge in [-0.15, -0.1) is 11.8 Å². The van der Waals surface area contributed by atoms with Crippen LogP contribution in [0.3, 0.4) is 0 Å². The van der Waals surface area contributed by atoms with Crippen LogP contribution in [0, 0.1) is 6.92 Å². The molecule has 0 heterocycles. The van der Waals surface area contributed by atoms with Crippen LogP contribution in [0.25, 0.3) is 0 Å². The standard InChI is InChI=1S/C15H14ClNOS/c1-11-2-6-13(7-3-11)17-15(18)10-19-14-8-4-12(16)5-9-14/h2-9H,10H2,1H3,(H,17,18). The maximum Gasteiger partial charge on any atom is 0.234 e. The van der Waals surface area contributed by atoms with Crippen LogP contribution in [-0.4, -0.2) is 11.7 Å². The molecule has 0 spiro atoms. The van der Waals surface area contributed by atoms with Crippen LogP contribution in [0.4, 0.5) is 5.69 Å². The van der Waals surface area contributed by atoms with Gasteiger partial charge in [0.1, 0.15) is 0 Å². The zero-order valence-corrected chi connectivity index (χ0v) is 12.1. The van der Waals surface area contributed by atoms with Crippen molar-refractivity contribution in [2.45, 2.75) is 11.8 Å². The first-order valence-corrected chi connectivity index (χ1v) is 7.25. The zero-order chi connectivity index (χ0) is 13.7. The van der Waals surface area contributed by atoms with Gasteiger partial charge in [-0.05, 0) is 43.3 Å². The number of hydrogen-bond donors (Lipinski definition) is 1. The van der Waals surface area contributed by atoms with Crippen molar-refractivity contribution in [2.75, 3.05) is 11.1 Å². The third-order valence-corrected chi connectivity index (χ3v) is 3.78. The van der Waals surface area contributed by atoms with E-state index in [-0.39, 0.29) is 5.91 Å². The Balaban J connectivity index is 1.84. The molecule has 1 amide bonds. The molecule has 0 saturated carbocycles. The Morgan fingerprint density at radius 2 is 1.74 bits per heavy atom. The van der Waals surface area contributed by atoms with Gasteiger partial charge in [-0.3, -0.25) is 4.79 Å². The molecule has 2 aromatic rings. The number of nitrogens with one attached hydrogen (secondary N) is 1. The highest BCUT2D eigenvalue weighted by Crippen LogP contribution is 2.20. The van der Waals surface area contributed by atoms with Crippen LogP contribution in [0.15, 0.2) is 53.4 Å². The summed E-state index contributed by atoms with van der Waals surface area (Å²) in [6.07, 6.45) is 0. The van der Waals surface area contributed by atoms with E-state index in [2.05, 4.69) is 5.32 Å². The highest BCUT2D eigenvalue weighted by molar-refractivity contribution is 8.00. The monoisotopic (exact) mass is 291 g/mol. The molecule has 0 radical (unpaired) electrons. The molecule has 4 heteroatoms. The first-order valence-electron chi connectivity index (χ1n) is 5.88. The van der Waals surface area contributed by atoms with Crippen molar-refractivity contribution in [3.05, 3.63) is 59.1 Å². The van der Waals surface area contributed by atoms with Gasteiger partial charge < -0.3 is 5.32 Å². The van der Waals surface area contributed by atoms with E-state index in [9.17, 15) is 4.79 Å². The van der Waals surface area contributed by atoms with E-state index < -0.39 is 0 Å². The number of anilines is 1. The van der Waals surface area contributed by atoms with Gasteiger partial charge in [0.15, 0.2) is 0 Å². The molecule has 2 nitrogen and oxygen atoms in total. The minimum Gasteiger partial charge on any atom is -0.325 e. The Morgan fingerprint density at radius 1 is 1.11 bits per heavy atom. The highest BCUT2D eigenvalue weighted by atomic mass is 35.5. The normalized spacial score (nSPS) is 10.2. The summed E-state index contributed by atoms with van der Waals surface area (Å²) in [6, 6.07) is 15.2. The number of rotatable bonds is 4. The zero-order valence-electron chi connectivity index (χ0n) is 10.5. The predicted octanol–water partition coefficient (Wildman–Crippen LogP) is 4.38. The quantitative estimate of drug-likeness (QED) is 0.847. The van der Waals surface area contributed by atoms with Gasteiger partial charge in [-0.25, -0.2) is 0 Å². The number of benzene rings is 2. The first kappa shape index (κ1) is 14.0. The van der Waals surface area contributed by atoms with Gasteiger partial charge in [0.2, 0.25) is 5.91 Å². The Labute approximate surface area is 122 Å². The molecular weight excluding hydrogens is 278 g/mol. The molecule has 0 aromatic heterocycles. The van der Waals surface area contributed by atoms with Gasteiger partial charge in [0, 0.05) is 15.6 Å². The lowest BCUT2D eigenvalue weighted by Crippen LogP contribution is -2.13.